The maximum Gasteiger partial charge on any atom is 0.270 e. The molecule has 5 nitrogen and oxygen atoms in total. The average molecular weight is 288 g/mol. The molecule has 1 amide bonds. The molecule has 0 aliphatic rings. The number of carbonyl (C=O) groups is 1. The highest BCUT2D eigenvalue weighted by molar-refractivity contribution is 5.94. The van der Waals surface area contributed by atoms with Crippen molar-refractivity contribution in [3.63, 3.8) is 0 Å². The lowest BCUT2D eigenvalue weighted by Crippen LogP contribution is -2.35. The van der Waals surface area contributed by atoms with Gasteiger partial charge in [0.2, 0.25) is 0 Å². The molecule has 0 saturated carbocycles. The lowest BCUT2D eigenvalue weighted by Gasteiger charge is -2.18. The van der Waals surface area contributed by atoms with Crippen LogP contribution in [0.5, 0.6) is 0 Å². The summed E-state index contributed by atoms with van der Waals surface area (Å²) < 4.78 is 1.87. The number of pyridine rings is 1. The van der Waals surface area contributed by atoms with Gasteiger partial charge in [-0.25, -0.2) is 4.98 Å². The van der Waals surface area contributed by atoms with Crippen LogP contribution in [-0.2, 0) is 6.42 Å². The van der Waals surface area contributed by atoms with Gasteiger partial charge in [0, 0.05) is 19.3 Å². The van der Waals surface area contributed by atoms with E-state index >= 15 is 0 Å². The van der Waals surface area contributed by atoms with E-state index in [1.807, 2.05) is 35.7 Å². The van der Waals surface area contributed by atoms with E-state index in [0.717, 1.165) is 37.4 Å². The van der Waals surface area contributed by atoms with Crippen molar-refractivity contribution in [1.82, 2.24) is 19.6 Å². The molecule has 0 saturated heterocycles. The molecule has 0 spiro atoms. The number of carbonyl (C=O) groups excluding carboxylic acids is 1. The molecule has 114 valence electrons. The maximum atomic E-state index is 12.5. The van der Waals surface area contributed by atoms with E-state index in [2.05, 4.69) is 29.0 Å². The van der Waals surface area contributed by atoms with E-state index in [9.17, 15) is 4.79 Å². The molecule has 0 radical (unpaired) electrons. The van der Waals surface area contributed by atoms with Crippen LogP contribution in [0.2, 0.25) is 0 Å². The minimum atomic E-state index is -0.0438. The Bertz CT molecular complexity index is 601. The van der Waals surface area contributed by atoms with Crippen LogP contribution in [0.25, 0.3) is 5.65 Å². The van der Waals surface area contributed by atoms with Crippen LogP contribution in [0.3, 0.4) is 0 Å². The van der Waals surface area contributed by atoms with Crippen LogP contribution in [0.1, 0.15) is 37.0 Å². The summed E-state index contributed by atoms with van der Waals surface area (Å²) in [6, 6.07) is 5.77. The molecule has 0 aromatic carbocycles. The minimum Gasteiger partial charge on any atom is -0.349 e. The van der Waals surface area contributed by atoms with Crippen LogP contribution >= 0.6 is 0 Å². The lowest BCUT2D eigenvalue weighted by atomic mass is 10.2. The van der Waals surface area contributed by atoms with Gasteiger partial charge in [-0.2, -0.15) is 0 Å². The molecular formula is C16H24N4O. The average Bonchev–Trinajstić information content (AvgIpc) is 2.90. The summed E-state index contributed by atoms with van der Waals surface area (Å²) in [4.78, 5) is 19.3. The summed E-state index contributed by atoms with van der Waals surface area (Å²) >= 11 is 0. The van der Waals surface area contributed by atoms with Crippen molar-refractivity contribution in [3.8, 4) is 0 Å². The van der Waals surface area contributed by atoms with Gasteiger partial charge >= 0.3 is 0 Å². The number of rotatable bonds is 7. The normalized spacial score (nSPS) is 11.2. The molecule has 2 aromatic rings. The number of nitrogens with one attached hydrogen (secondary N) is 1. The molecule has 2 heterocycles. The quantitative estimate of drug-likeness (QED) is 0.847. The van der Waals surface area contributed by atoms with Gasteiger partial charge in [0.1, 0.15) is 11.3 Å². The van der Waals surface area contributed by atoms with Gasteiger partial charge in [-0.1, -0.05) is 26.8 Å². The Hall–Kier alpha value is -1.88. The minimum absolute atomic E-state index is 0.0438. The van der Waals surface area contributed by atoms with Gasteiger partial charge in [0.15, 0.2) is 0 Å². The second-order valence-electron chi connectivity index (χ2n) is 4.97. The molecule has 0 atom stereocenters. The van der Waals surface area contributed by atoms with Gasteiger partial charge < -0.3 is 10.2 Å². The van der Waals surface area contributed by atoms with Crippen molar-refractivity contribution in [2.75, 3.05) is 26.2 Å². The molecular weight excluding hydrogens is 264 g/mol. The van der Waals surface area contributed by atoms with Crippen LogP contribution in [0, 0.1) is 0 Å². The Morgan fingerprint density at radius 3 is 2.71 bits per heavy atom. The van der Waals surface area contributed by atoms with Crippen molar-refractivity contribution in [2.45, 2.75) is 27.2 Å². The third-order valence-electron chi connectivity index (χ3n) is 3.76. The summed E-state index contributed by atoms with van der Waals surface area (Å²) in [6.45, 7) is 9.81. The molecule has 0 fully saturated rings. The number of amides is 1. The Morgan fingerprint density at radius 2 is 2.05 bits per heavy atom. The molecule has 1 N–H and O–H groups in total. The molecule has 2 rings (SSSR count). The molecule has 0 bridgehead atoms. The fraction of sp³-hybridized carbons (Fsp3) is 0.500. The molecule has 2 aromatic heterocycles. The molecule has 0 unspecified atom stereocenters. The summed E-state index contributed by atoms with van der Waals surface area (Å²) in [5, 5.41) is 3.01. The number of aryl methyl sites for hydroxylation is 1. The first-order chi connectivity index (χ1) is 10.2. The second kappa shape index (κ2) is 7.22. The van der Waals surface area contributed by atoms with Crippen molar-refractivity contribution in [2.24, 2.45) is 0 Å². The fourth-order valence-corrected chi connectivity index (χ4v) is 2.48. The zero-order chi connectivity index (χ0) is 15.2. The third-order valence-corrected chi connectivity index (χ3v) is 3.76. The monoisotopic (exact) mass is 288 g/mol. The second-order valence-corrected chi connectivity index (χ2v) is 4.97. The smallest absolute Gasteiger partial charge is 0.270 e. The Balaban J connectivity index is 2.12. The third kappa shape index (κ3) is 3.42. The molecule has 0 aliphatic heterocycles. The van der Waals surface area contributed by atoms with Gasteiger partial charge in [-0.05, 0) is 31.6 Å². The summed E-state index contributed by atoms with van der Waals surface area (Å²) in [5.41, 5.74) is 2.33. The highest BCUT2D eigenvalue weighted by Gasteiger charge is 2.17. The van der Waals surface area contributed by atoms with E-state index in [1.165, 1.54) is 0 Å². The van der Waals surface area contributed by atoms with E-state index in [0.29, 0.717) is 12.2 Å². The highest BCUT2D eigenvalue weighted by atomic mass is 16.1. The predicted molar refractivity (Wildman–Crippen MR) is 84.7 cm³/mol. The Labute approximate surface area is 126 Å². The molecule has 0 aliphatic carbocycles. The van der Waals surface area contributed by atoms with Gasteiger partial charge in [0.25, 0.3) is 5.91 Å². The van der Waals surface area contributed by atoms with Gasteiger partial charge in [-0.15, -0.1) is 0 Å². The van der Waals surface area contributed by atoms with E-state index in [-0.39, 0.29) is 5.91 Å². The first-order valence-corrected chi connectivity index (χ1v) is 7.67. The van der Waals surface area contributed by atoms with Gasteiger partial charge in [0.05, 0.1) is 5.69 Å². The van der Waals surface area contributed by atoms with Crippen molar-refractivity contribution in [3.05, 3.63) is 35.8 Å². The van der Waals surface area contributed by atoms with Crippen LogP contribution < -0.4 is 5.32 Å². The number of hydrogen-bond donors (Lipinski definition) is 1. The first kappa shape index (κ1) is 15.5. The number of imidazole rings is 1. The first-order valence-electron chi connectivity index (χ1n) is 7.67. The van der Waals surface area contributed by atoms with E-state index in [4.69, 9.17) is 0 Å². The van der Waals surface area contributed by atoms with Crippen LogP contribution in [0.4, 0.5) is 0 Å². The number of fused-ring (bicyclic) bond motifs is 1. The fourth-order valence-electron chi connectivity index (χ4n) is 2.48. The highest BCUT2D eigenvalue weighted by Crippen LogP contribution is 2.13. The van der Waals surface area contributed by atoms with Crippen LogP contribution in [-0.4, -0.2) is 46.4 Å². The number of aromatic nitrogens is 2. The standard InChI is InChI=1S/C16H24N4O/c1-4-13-15(20-11-8-7-9-14(20)18-13)16(21)17-10-12-19(5-2)6-3/h7-9,11H,4-6,10,12H2,1-3H3,(H,17,21). The van der Waals surface area contributed by atoms with Crippen LogP contribution in [0.15, 0.2) is 24.4 Å². The van der Waals surface area contributed by atoms with Crippen molar-refractivity contribution in [1.29, 1.82) is 0 Å². The Morgan fingerprint density at radius 1 is 1.29 bits per heavy atom. The molecule has 5 heteroatoms. The zero-order valence-corrected chi connectivity index (χ0v) is 13.1. The number of nitrogens with zero attached hydrogens (tertiary/aromatic N) is 3. The van der Waals surface area contributed by atoms with Crippen molar-refractivity contribution < 1.29 is 4.79 Å². The van der Waals surface area contributed by atoms with E-state index < -0.39 is 0 Å². The topological polar surface area (TPSA) is 49.6 Å². The SMILES string of the molecule is CCc1nc2ccccn2c1C(=O)NCCN(CC)CC. The van der Waals surface area contributed by atoms with E-state index in [1.54, 1.807) is 0 Å². The number of likely N-dealkylation sites (N-methyl/N-ethyl adjacent to an activating group) is 1. The zero-order valence-electron chi connectivity index (χ0n) is 13.1. The lowest BCUT2D eigenvalue weighted by molar-refractivity contribution is 0.0942. The maximum absolute atomic E-state index is 12.5. The largest absolute Gasteiger partial charge is 0.349 e. The van der Waals surface area contributed by atoms with Crippen molar-refractivity contribution >= 4 is 11.6 Å². The summed E-state index contributed by atoms with van der Waals surface area (Å²) in [6.07, 6.45) is 2.64. The predicted octanol–water partition coefficient (Wildman–Crippen LogP) is 1.97. The Kier molecular flexibility index (Phi) is 5.33. The summed E-state index contributed by atoms with van der Waals surface area (Å²) in [5.74, 6) is -0.0438. The number of hydrogen-bond acceptors (Lipinski definition) is 3. The molecule has 21 heavy (non-hydrogen) atoms. The summed E-state index contributed by atoms with van der Waals surface area (Å²) in [7, 11) is 0. The van der Waals surface area contributed by atoms with Gasteiger partial charge in [-0.3, -0.25) is 9.20 Å².